The summed E-state index contributed by atoms with van der Waals surface area (Å²) in [6.45, 7) is 4.88. The largest absolute Gasteiger partial charge is 0.466 e. The second kappa shape index (κ2) is 6.27. The lowest BCUT2D eigenvalue weighted by Gasteiger charge is -2.07. The molecule has 0 bridgehead atoms. The molecule has 1 atom stereocenters. The van der Waals surface area contributed by atoms with Gasteiger partial charge in [0.2, 0.25) is 0 Å². The van der Waals surface area contributed by atoms with Gasteiger partial charge in [0.05, 0.1) is 18.9 Å². The van der Waals surface area contributed by atoms with Crippen LogP contribution < -0.4 is 0 Å². The van der Waals surface area contributed by atoms with Crippen LogP contribution in [0.1, 0.15) is 38.4 Å². The molecule has 0 saturated heterocycles. The summed E-state index contributed by atoms with van der Waals surface area (Å²) in [7, 11) is 0. The zero-order chi connectivity index (χ0) is 12.0. The Balaban J connectivity index is 2.40. The number of carbonyl (C=O) groups excluding carboxylic acids is 1. The Bertz CT molecular complexity index is 336. The quantitative estimate of drug-likeness (QED) is 0.742. The van der Waals surface area contributed by atoms with Crippen LogP contribution in [0.5, 0.6) is 0 Å². The van der Waals surface area contributed by atoms with E-state index in [0.717, 1.165) is 12.1 Å². The minimum Gasteiger partial charge on any atom is -0.466 e. The molecule has 1 heterocycles. The van der Waals surface area contributed by atoms with Crippen LogP contribution >= 0.6 is 0 Å². The van der Waals surface area contributed by atoms with E-state index in [4.69, 9.17) is 4.74 Å². The predicted octanol–water partition coefficient (Wildman–Crippen LogP) is 1.28. The average molecular weight is 226 g/mol. The zero-order valence-electron chi connectivity index (χ0n) is 9.72. The van der Waals surface area contributed by atoms with Crippen molar-refractivity contribution in [2.45, 2.75) is 39.3 Å². The predicted molar refractivity (Wildman–Crippen MR) is 58.7 cm³/mol. The number of aliphatic hydroxyl groups excluding tert-OH is 1. The van der Waals surface area contributed by atoms with Gasteiger partial charge in [0.15, 0.2) is 0 Å². The summed E-state index contributed by atoms with van der Waals surface area (Å²) < 4.78 is 6.52. The summed E-state index contributed by atoms with van der Waals surface area (Å²) in [5.41, 5.74) is 0.742. The van der Waals surface area contributed by atoms with E-state index >= 15 is 0 Å². The third-order valence-electron chi connectivity index (χ3n) is 2.29. The minimum absolute atomic E-state index is 0.228. The van der Waals surface area contributed by atoms with Crippen LogP contribution in [0.25, 0.3) is 0 Å². The van der Waals surface area contributed by atoms with Crippen LogP contribution in [0.2, 0.25) is 0 Å². The van der Waals surface area contributed by atoms with E-state index in [0.29, 0.717) is 13.0 Å². The zero-order valence-corrected chi connectivity index (χ0v) is 9.72. The van der Waals surface area contributed by atoms with E-state index in [9.17, 15) is 9.90 Å². The Morgan fingerprint density at radius 3 is 2.94 bits per heavy atom. The van der Waals surface area contributed by atoms with Crippen molar-refractivity contribution in [3.63, 3.8) is 0 Å². The molecule has 5 heteroatoms. The molecule has 0 aromatic carbocycles. The summed E-state index contributed by atoms with van der Waals surface area (Å²) in [6, 6.07) is 0. The highest BCUT2D eigenvalue weighted by atomic mass is 16.5. The Morgan fingerprint density at radius 1 is 1.62 bits per heavy atom. The Kier molecular flexibility index (Phi) is 4.98. The first-order chi connectivity index (χ1) is 7.67. The van der Waals surface area contributed by atoms with Crippen molar-refractivity contribution in [2.24, 2.45) is 0 Å². The third kappa shape index (κ3) is 3.66. The topological polar surface area (TPSA) is 64.3 Å². The van der Waals surface area contributed by atoms with Gasteiger partial charge in [0.25, 0.3) is 0 Å². The summed E-state index contributed by atoms with van der Waals surface area (Å²) in [5.74, 6) is -0.274. The fourth-order valence-corrected chi connectivity index (χ4v) is 1.38. The van der Waals surface area contributed by atoms with Crippen LogP contribution in [-0.2, 0) is 16.1 Å². The number of aryl methyl sites for hydroxylation is 1. The molecule has 1 N–H and O–H groups in total. The van der Waals surface area contributed by atoms with Crippen molar-refractivity contribution in [1.82, 2.24) is 9.78 Å². The molecule has 0 fully saturated rings. The van der Waals surface area contributed by atoms with Gasteiger partial charge >= 0.3 is 5.97 Å². The molecule has 5 nitrogen and oxygen atoms in total. The first kappa shape index (κ1) is 12.7. The lowest BCUT2D eigenvalue weighted by atomic mass is 10.1. The van der Waals surface area contributed by atoms with Crippen molar-refractivity contribution < 1.29 is 14.6 Å². The number of rotatable bonds is 6. The maximum Gasteiger partial charge on any atom is 0.305 e. The fraction of sp³-hybridized carbons (Fsp3) is 0.636. The average Bonchev–Trinajstić information content (AvgIpc) is 2.75. The molecule has 0 aliphatic rings. The van der Waals surface area contributed by atoms with Crippen LogP contribution in [0.3, 0.4) is 0 Å². The van der Waals surface area contributed by atoms with E-state index in [-0.39, 0.29) is 12.4 Å². The minimum atomic E-state index is -0.648. The number of esters is 1. The molecule has 16 heavy (non-hydrogen) atoms. The van der Waals surface area contributed by atoms with Gasteiger partial charge in [-0.05, 0) is 20.3 Å². The van der Waals surface area contributed by atoms with Crippen molar-refractivity contribution in [1.29, 1.82) is 0 Å². The maximum atomic E-state index is 11.1. The molecule has 0 amide bonds. The first-order valence-electron chi connectivity index (χ1n) is 5.53. The van der Waals surface area contributed by atoms with Crippen LogP contribution in [0.15, 0.2) is 12.4 Å². The van der Waals surface area contributed by atoms with Gasteiger partial charge in [0, 0.05) is 24.7 Å². The molecule has 0 saturated carbocycles. The smallest absolute Gasteiger partial charge is 0.305 e. The standard InChI is InChI=1S/C11H18N2O3/c1-3-13-8-9(7-12-13)10(14)5-6-11(15)16-4-2/h7-8,10,14H,3-6H2,1-2H3. The number of aromatic nitrogens is 2. The van der Waals surface area contributed by atoms with Crippen molar-refractivity contribution >= 4 is 5.97 Å². The first-order valence-corrected chi connectivity index (χ1v) is 5.53. The van der Waals surface area contributed by atoms with Gasteiger partial charge < -0.3 is 9.84 Å². The summed E-state index contributed by atoms with van der Waals surface area (Å²) in [6.07, 6.45) is 3.36. The van der Waals surface area contributed by atoms with Crippen molar-refractivity contribution in [2.75, 3.05) is 6.61 Å². The number of nitrogens with zero attached hydrogens (tertiary/aromatic N) is 2. The van der Waals surface area contributed by atoms with Crippen LogP contribution in [0.4, 0.5) is 0 Å². The van der Waals surface area contributed by atoms with Gasteiger partial charge in [-0.3, -0.25) is 9.48 Å². The van der Waals surface area contributed by atoms with E-state index < -0.39 is 6.10 Å². The second-order valence-electron chi connectivity index (χ2n) is 3.49. The molecule has 0 spiro atoms. The van der Waals surface area contributed by atoms with E-state index in [1.807, 2.05) is 6.92 Å². The molecule has 0 radical (unpaired) electrons. The highest BCUT2D eigenvalue weighted by molar-refractivity contribution is 5.69. The maximum absolute atomic E-state index is 11.1. The van der Waals surface area contributed by atoms with E-state index in [1.165, 1.54) is 0 Å². The summed E-state index contributed by atoms with van der Waals surface area (Å²) >= 11 is 0. The number of carbonyl (C=O) groups is 1. The molecule has 1 unspecified atom stereocenters. The lowest BCUT2D eigenvalue weighted by Crippen LogP contribution is -2.06. The van der Waals surface area contributed by atoms with E-state index in [2.05, 4.69) is 5.10 Å². The van der Waals surface area contributed by atoms with Crippen molar-refractivity contribution in [3.05, 3.63) is 18.0 Å². The van der Waals surface area contributed by atoms with Gasteiger partial charge in [-0.15, -0.1) is 0 Å². The molecule has 0 aliphatic heterocycles. The van der Waals surface area contributed by atoms with Gasteiger partial charge in [-0.1, -0.05) is 0 Å². The number of hydrogen-bond acceptors (Lipinski definition) is 4. The molecule has 1 aromatic rings. The number of hydrogen-bond donors (Lipinski definition) is 1. The van der Waals surface area contributed by atoms with Crippen LogP contribution in [0, 0.1) is 0 Å². The van der Waals surface area contributed by atoms with Gasteiger partial charge in [-0.2, -0.15) is 5.10 Å². The molecule has 1 rings (SSSR count). The Hall–Kier alpha value is -1.36. The normalized spacial score (nSPS) is 12.4. The highest BCUT2D eigenvalue weighted by Crippen LogP contribution is 2.17. The summed E-state index contributed by atoms with van der Waals surface area (Å²) in [5, 5.41) is 13.8. The second-order valence-corrected chi connectivity index (χ2v) is 3.49. The highest BCUT2D eigenvalue weighted by Gasteiger charge is 2.12. The molecule has 0 aliphatic carbocycles. The monoisotopic (exact) mass is 226 g/mol. The lowest BCUT2D eigenvalue weighted by molar-refractivity contribution is -0.143. The number of aliphatic hydroxyl groups is 1. The van der Waals surface area contributed by atoms with Crippen LogP contribution in [-0.4, -0.2) is 27.5 Å². The fourth-order valence-electron chi connectivity index (χ4n) is 1.38. The Labute approximate surface area is 95.0 Å². The molecule has 90 valence electrons. The molecule has 1 aromatic heterocycles. The van der Waals surface area contributed by atoms with E-state index in [1.54, 1.807) is 24.0 Å². The SMILES string of the molecule is CCOC(=O)CCC(O)c1cnn(CC)c1. The van der Waals surface area contributed by atoms with Gasteiger partial charge in [0.1, 0.15) is 0 Å². The molecular weight excluding hydrogens is 208 g/mol. The van der Waals surface area contributed by atoms with Crippen molar-refractivity contribution in [3.8, 4) is 0 Å². The Morgan fingerprint density at radius 2 is 2.38 bits per heavy atom. The van der Waals surface area contributed by atoms with Gasteiger partial charge in [-0.25, -0.2) is 0 Å². The number of ether oxygens (including phenoxy) is 1. The molecular formula is C11H18N2O3. The third-order valence-corrected chi connectivity index (χ3v) is 2.29. The summed E-state index contributed by atoms with van der Waals surface area (Å²) in [4.78, 5) is 11.1.